The number of nitrogens with zero attached hydrogens (tertiary/aromatic N) is 1. The number of hydrogen-bond acceptors (Lipinski definition) is 2. The minimum atomic E-state index is 0.477. The van der Waals surface area contributed by atoms with E-state index in [0.717, 1.165) is 12.0 Å². The Morgan fingerprint density at radius 2 is 1.83 bits per heavy atom. The summed E-state index contributed by atoms with van der Waals surface area (Å²) in [6.07, 6.45) is 6.65. The summed E-state index contributed by atoms with van der Waals surface area (Å²) in [7, 11) is 2.29. The van der Waals surface area contributed by atoms with Gasteiger partial charge < -0.3 is 10.2 Å². The summed E-state index contributed by atoms with van der Waals surface area (Å²) in [5.74, 6) is 0.817. The third-order valence-electron chi connectivity index (χ3n) is 4.77. The first kappa shape index (κ1) is 16.0. The minimum Gasteiger partial charge on any atom is -0.313 e. The zero-order valence-electron chi connectivity index (χ0n) is 13.3. The molecule has 0 radical (unpaired) electrons. The van der Waals surface area contributed by atoms with E-state index in [2.05, 4.69) is 45.0 Å². The van der Waals surface area contributed by atoms with Gasteiger partial charge in [-0.2, -0.15) is 0 Å². The number of nitrogens with one attached hydrogen (secondary N) is 1. The van der Waals surface area contributed by atoms with E-state index in [4.69, 9.17) is 0 Å². The van der Waals surface area contributed by atoms with Crippen LogP contribution in [0.5, 0.6) is 0 Å². The van der Waals surface area contributed by atoms with Crippen molar-refractivity contribution in [3.8, 4) is 0 Å². The van der Waals surface area contributed by atoms with Crippen molar-refractivity contribution in [2.75, 3.05) is 26.7 Å². The van der Waals surface area contributed by atoms with Crippen molar-refractivity contribution >= 4 is 0 Å². The summed E-state index contributed by atoms with van der Waals surface area (Å²) in [4.78, 5) is 2.55. The van der Waals surface area contributed by atoms with Crippen LogP contribution in [0.1, 0.15) is 59.8 Å². The van der Waals surface area contributed by atoms with E-state index in [0.29, 0.717) is 5.41 Å². The largest absolute Gasteiger partial charge is 0.313 e. The molecule has 2 heteroatoms. The van der Waals surface area contributed by atoms with Crippen LogP contribution in [0.15, 0.2) is 0 Å². The van der Waals surface area contributed by atoms with Crippen molar-refractivity contribution in [1.82, 2.24) is 10.2 Å². The van der Waals surface area contributed by atoms with Crippen LogP contribution >= 0.6 is 0 Å². The minimum absolute atomic E-state index is 0.477. The Morgan fingerprint density at radius 1 is 1.22 bits per heavy atom. The molecule has 1 rings (SSSR count). The van der Waals surface area contributed by atoms with Gasteiger partial charge in [0.25, 0.3) is 0 Å². The van der Waals surface area contributed by atoms with Crippen LogP contribution in [0.4, 0.5) is 0 Å². The molecule has 1 aliphatic carbocycles. The molecule has 0 aromatic heterocycles. The highest BCUT2D eigenvalue weighted by molar-refractivity contribution is 4.88. The molecular weight excluding hydrogens is 220 g/mol. The van der Waals surface area contributed by atoms with Crippen LogP contribution in [0.25, 0.3) is 0 Å². The maximum atomic E-state index is 3.75. The zero-order valence-corrected chi connectivity index (χ0v) is 13.3. The smallest absolute Gasteiger partial charge is 0.00684 e. The first-order valence-corrected chi connectivity index (χ1v) is 7.97. The van der Waals surface area contributed by atoms with Crippen LogP contribution in [0.3, 0.4) is 0 Å². The van der Waals surface area contributed by atoms with Gasteiger partial charge in [-0.05, 0) is 44.1 Å². The van der Waals surface area contributed by atoms with Crippen LogP contribution in [-0.2, 0) is 0 Å². The highest BCUT2D eigenvalue weighted by atomic mass is 15.1. The van der Waals surface area contributed by atoms with Crippen molar-refractivity contribution in [3.05, 3.63) is 0 Å². The molecule has 0 amide bonds. The van der Waals surface area contributed by atoms with E-state index < -0.39 is 0 Å². The monoisotopic (exact) mass is 254 g/mol. The molecule has 108 valence electrons. The van der Waals surface area contributed by atoms with Gasteiger partial charge in [0.15, 0.2) is 0 Å². The molecule has 1 aliphatic rings. The maximum absolute atomic E-state index is 3.75. The maximum Gasteiger partial charge on any atom is 0.00684 e. The molecule has 0 bridgehead atoms. The van der Waals surface area contributed by atoms with Crippen LogP contribution < -0.4 is 5.32 Å². The van der Waals surface area contributed by atoms with E-state index >= 15 is 0 Å². The quantitative estimate of drug-likeness (QED) is 0.641. The molecule has 0 aliphatic heterocycles. The third kappa shape index (κ3) is 5.27. The second-order valence-electron chi connectivity index (χ2n) is 6.57. The van der Waals surface area contributed by atoms with Crippen LogP contribution in [-0.4, -0.2) is 37.6 Å². The summed E-state index contributed by atoms with van der Waals surface area (Å²) in [6.45, 7) is 13.0. The Labute approximate surface area is 115 Å². The zero-order chi connectivity index (χ0) is 13.6. The first-order valence-electron chi connectivity index (χ1n) is 7.97. The molecule has 0 aromatic carbocycles. The Bertz CT molecular complexity index is 219. The SMILES string of the molecule is CCC(C)CN(C)CC(CC)(CC)CNC1CC1. The molecule has 0 spiro atoms. The van der Waals surface area contributed by atoms with Gasteiger partial charge in [0, 0.05) is 25.7 Å². The van der Waals surface area contributed by atoms with Gasteiger partial charge in [0.05, 0.1) is 0 Å². The topological polar surface area (TPSA) is 15.3 Å². The van der Waals surface area contributed by atoms with Crippen molar-refractivity contribution < 1.29 is 0 Å². The lowest BCUT2D eigenvalue weighted by Crippen LogP contribution is -2.44. The van der Waals surface area contributed by atoms with Gasteiger partial charge in [-0.3, -0.25) is 0 Å². The summed E-state index contributed by atoms with van der Waals surface area (Å²) in [5, 5.41) is 3.75. The summed E-state index contributed by atoms with van der Waals surface area (Å²) < 4.78 is 0. The standard InChI is InChI=1S/C16H34N2/c1-6-14(4)11-18(5)13-16(7-2,8-3)12-17-15-9-10-15/h14-15,17H,6-13H2,1-5H3. The summed E-state index contributed by atoms with van der Waals surface area (Å²) in [5.41, 5.74) is 0.477. The fourth-order valence-electron chi connectivity index (χ4n) is 2.73. The van der Waals surface area contributed by atoms with Crippen molar-refractivity contribution in [1.29, 1.82) is 0 Å². The van der Waals surface area contributed by atoms with Gasteiger partial charge >= 0.3 is 0 Å². The van der Waals surface area contributed by atoms with E-state index in [1.54, 1.807) is 0 Å². The van der Waals surface area contributed by atoms with E-state index in [1.807, 2.05) is 0 Å². The molecule has 1 unspecified atom stereocenters. The average Bonchev–Trinajstić information content (AvgIpc) is 3.18. The lowest BCUT2D eigenvalue weighted by atomic mass is 9.81. The number of rotatable bonds is 10. The molecule has 0 saturated heterocycles. The lowest BCUT2D eigenvalue weighted by molar-refractivity contribution is 0.142. The van der Waals surface area contributed by atoms with Crippen LogP contribution in [0, 0.1) is 11.3 Å². The van der Waals surface area contributed by atoms with E-state index in [9.17, 15) is 0 Å². The van der Waals surface area contributed by atoms with Gasteiger partial charge in [-0.1, -0.05) is 34.1 Å². The molecule has 1 N–H and O–H groups in total. The molecule has 1 fully saturated rings. The van der Waals surface area contributed by atoms with Gasteiger partial charge in [-0.25, -0.2) is 0 Å². The fraction of sp³-hybridized carbons (Fsp3) is 1.00. The van der Waals surface area contributed by atoms with Crippen molar-refractivity contribution in [2.45, 2.75) is 65.8 Å². The Balaban J connectivity index is 2.42. The van der Waals surface area contributed by atoms with Crippen LogP contribution in [0.2, 0.25) is 0 Å². The lowest BCUT2D eigenvalue weighted by Gasteiger charge is -2.37. The highest BCUT2D eigenvalue weighted by Gasteiger charge is 2.30. The third-order valence-corrected chi connectivity index (χ3v) is 4.77. The molecule has 18 heavy (non-hydrogen) atoms. The molecule has 1 saturated carbocycles. The second-order valence-corrected chi connectivity index (χ2v) is 6.57. The fourth-order valence-corrected chi connectivity index (χ4v) is 2.73. The second kappa shape index (κ2) is 7.49. The van der Waals surface area contributed by atoms with Gasteiger partial charge in [-0.15, -0.1) is 0 Å². The molecule has 2 nitrogen and oxygen atoms in total. The normalized spacial score (nSPS) is 18.3. The van der Waals surface area contributed by atoms with E-state index in [-0.39, 0.29) is 0 Å². The molecule has 1 atom stereocenters. The Kier molecular flexibility index (Phi) is 6.65. The highest BCUT2D eigenvalue weighted by Crippen LogP contribution is 2.29. The van der Waals surface area contributed by atoms with Crippen molar-refractivity contribution in [3.63, 3.8) is 0 Å². The summed E-state index contributed by atoms with van der Waals surface area (Å²) in [6, 6.07) is 0.836. The van der Waals surface area contributed by atoms with Gasteiger partial charge in [0.1, 0.15) is 0 Å². The predicted molar refractivity (Wildman–Crippen MR) is 81.0 cm³/mol. The first-order chi connectivity index (χ1) is 8.55. The molecule has 0 aromatic rings. The summed E-state index contributed by atoms with van der Waals surface area (Å²) >= 11 is 0. The Morgan fingerprint density at radius 3 is 2.28 bits per heavy atom. The molecule has 0 heterocycles. The Hall–Kier alpha value is -0.0800. The van der Waals surface area contributed by atoms with Gasteiger partial charge in [0.2, 0.25) is 0 Å². The average molecular weight is 254 g/mol. The van der Waals surface area contributed by atoms with E-state index in [1.165, 1.54) is 51.7 Å². The molecular formula is C16H34N2. The van der Waals surface area contributed by atoms with Crippen molar-refractivity contribution in [2.24, 2.45) is 11.3 Å². The number of hydrogen-bond donors (Lipinski definition) is 1. The predicted octanol–water partition coefficient (Wildman–Crippen LogP) is 3.52.